The second kappa shape index (κ2) is 7.65. The minimum Gasteiger partial charge on any atom is -0.478 e. The Kier molecular flexibility index (Phi) is 6.18. The first kappa shape index (κ1) is 16.2. The van der Waals surface area contributed by atoms with Crippen LogP contribution in [0.25, 0.3) is 6.08 Å². The molecule has 0 saturated heterocycles. The number of hydrogen-bond acceptors (Lipinski definition) is 3. The summed E-state index contributed by atoms with van der Waals surface area (Å²) in [5.41, 5.74) is 1.39. The molecule has 5 heteroatoms. The summed E-state index contributed by atoms with van der Waals surface area (Å²) in [6.45, 7) is 1.78. The van der Waals surface area contributed by atoms with Crippen LogP contribution in [0.3, 0.4) is 0 Å². The molecule has 20 heavy (non-hydrogen) atoms. The Labute approximate surface area is 119 Å². The topological polar surface area (TPSA) is 43.8 Å². The van der Waals surface area contributed by atoms with Gasteiger partial charge in [-0.15, -0.1) is 0 Å². The van der Waals surface area contributed by atoms with Gasteiger partial charge in [-0.25, -0.2) is 9.18 Å². The molecule has 0 saturated carbocycles. The number of nitrogens with zero attached hydrogens (tertiary/aromatic N) is 2. The zero-order chi connectivity index (χ0) is 15.1. The van der Waals surface area contributed by atoms with Crippen molar-refractivity contribution in [3.8, 4) is 0 Å². The zero-order valence-corrected chi connectivity index (χ0v) is 12.1. The lowest BCUT2D eigenvalue weighted by Gasteiger charge is -2.22. The molecule has 0 heterocycles. The minimum atomic E-state index is -1.05. The molecule has 1 aromatic rings. The van der Waals surface area contributed by atoms with Crippen molar-refractivity contribution in [2.75, 3.05) is 39.1 Å². The van der Waals surface area contributed by atoms with E-state index < -0.39 is 5.97 Å². The summed E-state index contributed by atoms with van der Waals surface area (Å²) in [5.74, 6) is -1.42. The molecule has 0 atom stereocenters. The second-order valence-corrected chi connectivity index (χ2v) is 4.95. The fraction of sp³-hybridized carbons (Fsp3) is 0.400. The number of rotatable bonds is 7. The number of hydrogen-bond donors (Lipinski definition) is 1. The van der Waals surface area contributed by atoms with E-state index in [9.17, 15) is 9.18 Å². The van der Waals surface area contributed by atoms with E-state index in [-0.39, 0.29) is 5.82 Å². The molecule has 1 aromatic carbocycles. The summed E-state index contributed by atoms with van der Waals surface area (Å²) >= 11 is 0. The highest BCUT2D eigenvalue weighted by molar-refractivity contribution is 5.87. The van der Waals surface area contributed by atoms with Crippen molar-refractivity contribution in [3.63, 3.8) is 0 Å². The van der Waals surface area contributed by atoms with Gasteiger partial charge in [0.05, 0.1) is 0 Å². The summed E-state index contributed by atoms with van der Waals surface area (Å²) in [6, 6.07) is 4.40. The number of anilines is 1. The van der Waals surface area contributed by atoms with E-state index in [4.69, 9.17) is 5.11 Å². The van der Waals surface area contributed by atoms with Crippen LogP contribution in [0.4, 0.5) is 10.1 Å². The Balaban J connectivity index is 2.84. The molecule has 0 aliphatic heterocycles. The molecule has 0 aromatic heterocycles. The van der Waals surface area contributed by atoms with Crippen molar-refractivity contribution in [1.29, 1.82) is 0 Å². The fourth-order valence-corrected chi connectivity index (χ4v) is 1.91. The molecule has 0 spiro atoms. The molecule has 1 rings (SSSR count). The highest BCUT2D eigenvalue weighted by atomic mass is 19.1. The smallest absolute Gasteiger partial charge is 0.328 e. The molecule has 0 bridgehead atoms. The number of halogens is 1. The van der Waals surface area contributed by atoms with E-state index in [1.807, 2.05) is 26.0 Å². The van der Waals surface area contributed by atoms with Gasteiger partial charge in [-0.3, -0.25) is 0 Å². The van der Waals surface area contributed by atoms with Gasteiger partial charge in [0, 0.05) is 30.9 Å². The predicted molar refractivity (Wildman–Crippen MR) is 79.5 cm³/mol. The Morgan fingerprint density at radius 1 is 1.30 bits per heavy atom. The van der Waals surface area contributed by atoms with E-state index in [1.54, 1.807) is 6.07 Å². The van der Waals surface area contributed by atoms with Gasteiger partial charge in [0.15, 0.2) is 0 Å². The molecule has 4 nitrogen and oxygen atoms in total. The maximum Gasteiger partial charge on any atom is 0.328 e. The number of carboxylic acid groups (broad SMARTS) is 1. The van der Waals surface area contributed by atoms with Gasteiger partial charge >= 0.3 is 5.97 Å². The van der Waals surface area contributed by atoms with Gasteiger partial charge in [0.2, 0.25) is 0 Å². The van der Waals surface area contributed by atoms with E-state index >= 15 is 0 Å². The minimum absolute atomic E-state index is 0.375. The summed E-state index contributed by atoms with van der Waals surface area (Å²) in [5, 5.41) is 8.68. The van der Waals surface area contributed by atoms with Crippen LogP contribution in [0.2, 0.25) is 0 Å². The van der Waals surface area contributed by atoms with Crippen LogP contribution < -0.4 is 4.90 Å². The van der Waals surface area contributed by atoms with Crippen molar-refractivity contribution >= 4 is 17.7 Å². The van der Waals surface area contributed by atoms with E-state index in [2.05, 4.69) is 4.90 Å². The van der Waals surface area contributed by atoms with Gasteiger partial charge in [-0.2, -0.15) is 0 Å². The lowest BCUT2D eigenvalue weighted by molar-refractivity contribution is -0.131. The Bertz CT molecular complexity index is 487. The third kappa shape index (κ3) is 5.40. The Hall–Kier alpha value is -1.88. The number of benzene rings is 1. The number of carboxylic acids is 1. The predicted octanol–water partition coefficient (Wildman–Crippen LogP) is 2.31. The van der Waals surface area contributed by atoms with Crippen LogP contribution in [0.1, 0.15) is 12.0 Å². The van der Waals surface area contributed by atoms with Crippen LogP contribution in [0.5, 0.6) is 0 Å². The van der Waals surface area contributed by atoms with Gasteiger partial charge in [0.25, 0.3) is 0 Å². The Morgan fingerprint density at radius 2 is 2.00 bits per heavy atom. The highest BCUT2D eigenvalue weighted by Crippen LogP contribution is 2.22. The maximum absolute atomic E-state index is 13.3. The number of aliphatic carboxylic acids is 1. The Morgan fingerprint density at radius 3 is 2.60 bits per heavy atom. The fourth-order valence-electron chi connectivity index (χ4n) is 1.91. The third-order valence-electron chi connectivity index (χ3n) is 2.91. The third-order valence-corrected chi connectivity index (χ3v) is 2.91. The summed E-state index contributed by atoms with van der Waals surface area (Å²) in [4.78, 5) is 14.7. The van der Waals surface area contributed by atoms with E-state index in [0.29, 0.717) is 5.56 Å². The van der Waals surface area contributed by atoms with Gasteiger partial charge in [-0.05, 0) is 51.3 Å². The highest BCUT2D eigenvalue weighted by Gasteiger charge is 2.07. The summed E-state index contributed by atoms with van der Waals surface area (Å²) in [6.07, 6.45) is 3.41. The monoisotopic (exact) mass is 280 g/mol. The number of carbonyl (C=O) groups is 1. The van der Waals surface area contributed by atoms with Crippen LogP contribution >= 0.6 is 0 Å². The van der Waals surface area contributed by atoms with Crippen molar-refractivity contribution in [3.05, 3.63) is 35.7 Å². The van der Waals surface area contributed by atoms with Crippen LogP contribution in [0.15, 0.2) is 24.3 Å². The normalized spacial score (nSPS) is 11.2. The largest absolute Gasteiger partial charge is 0.478 e. The molecule has 110 valence electrons. The maximum atomic E-state index is 13.3. The average Bonchev–Trinajstić information content (AvgIpc) is 2.35. The van der Waals surface area contributed by atoms with Crippen molar-refractivity contribution < 1.29 is 14.3 Å². The van der Waals surface area contributed by atoms with Gasteiger partial charge < -0.3 is 14.9 Å². The first-order chi connectivity index (χ1) is 9.40. The first-order valence-corrected chi connectivity index (χ1v) is 6.46. The molecule has 0 aliphatic carbocycles. The van der Waals surface area contributed by atoms with Crippen LogP contribution in [-0.4, -0.2) is 50.2 Å². The summed E-state index contributed by atoms with van der Waals surface area (Å²) < 4.78 is 13.3. The lowest BCUT2D eigenvalue weighted by atomic mass is 10.1. The SMILES string of the molecule is CN(C)CCCN(C)c1ccc(F)cc1C=CC(=O)O. The molecular formula is C15H21FN2O2. The second-order valence-electron chi connectivity index (χ2n) is 4.95. The molecule has 1 N–H and O–H groups in total. The molecule has 0 aliphatic rings. The van der Waals surface area contributed by atoms with Gasteiger partial charge in [0.1, 0.15) is 5.82 Å². The van der Waals surface area contributed by atoms with E-state index in [0.717, 1.165) is 31.3 Å². The van der Waals surface area contributed by atoms with Crippen LogP contribution in [0, 0.1) is 5.82 Å². The lowest BCUT2D eigenvalue weighted by Crippen LogP contribution is -2.23. The van der Waals surface area contributed by atoms with Crippen LogP contribution in [-0.2, 0) is 4.79 Å². The average molecular weight is 280 g/mol. The van der Waals surface area contributed by atoms with E-state index in [1.165, 1.54) is 18.2 Å². The molecule has 0 unspecified atom stereocenters. The zero-order valence-electron chi connectivity index (χ0n) is 12.1. The standard InChI is InChI=1S/C15H21FN2O2/c1-17(2)9-4-10-18(3)14-7-6-13(16)11-12(14)5-8-15(19)20/h5-8,11H,4,9-10H2,1-3H3,(H,19,20). The van der Waals surface area contributed by atoms with Crippen molar-refractivity contribution in [2.24, 2.45) is 0 Å². The summed E-state index contributed by atoms with van der Waals surface area (Å²) in [7, 11) is 5.94. The van der Waals surface area contributed by atoms with Crippen molar-refractivity contribution in [1.82, 2.24) is 4.90 Å². The molecule has 0 radical (unpaired) electrons. The van der Waals surface area contributed by atoms with Crippen molar-refractivity contribution in [2.45, 2.75) is 6.42 Å². The first-order valence-electron chi connectivity index (χ1n) is 6.46. The molecule has 0 fully saturated rings. The molecular weight excluding hydrogens is 259 g/mol. The molecule has 0 amide bonds. The quantitative estimate of drug-likeness (QED) is 0.778. The van der Waals surface area contributed by atoms with Gasteiger partial charge in [-0.1, -0.05) is 0 Å².